The number of hydrogen-bond acceptors (Lipinski definition) is 0. The van der Waals surface area contributed by atoms with Gasteiger partial charge in [-0.1, -0.05) is 12.8 Å². The molecule has 0 spiro atoms. The highest BCUT2D eigenvalue weighted by molar-refractivity contribution is 5.00. The van der Waals surface area contributed by atoms with E-state index in [-0.39, 0.29) is 0 Å². The molecule has 1 aliphatic carbocycles. The third-order valence-electron chi connectivity index (χ3n) is 2.46. The molecule has 76 valence electrons. The topological polar surface area (TPSA) is 0 Å². The molecular weight excluding hydrogens is 168 g/mol. The Labute approximate surface area is 88.5 Å². The van der Waals surface area contributed by atoms with Crippen LogP contribution in [0.5, 0.6) is 0 Å². The summed E-state index contributed by atoms with van der Waals surface area (Å²) in [5.74, 6) is 13.0. The van der Waals surface area contributed by atoms with Crippen LogP contribution in [-0.2, 0) is 0 Å². The molecule has 0 radical (unpaired) electrons. The fourth-order valence-corrected chi connectivity index (χ4v) is 1.56. The second-order valence-electron chi connectivity index (χ2n) is 3.83. The molecule has 0 bridgehead atoms. The lowest BCUT2D eigenvalue weighted by Crippen LogP contribution is -1.79. The Hall–Kier alpha value is -0.880. The lowest BCUT2D eigenvalue weighted by Gasteiger charge is -1.95. The molecule has 0 aliphatic heterocycles. The molecule has 0 aromatic carbocycles. The Morgan fingerprint density at radius 2 is 0.643 bits per heavy atom. The Balaban J connectivity index is 2.21. The predicted molar refractivity (Wildman–Crippen MR) is 61.7 cm³/mol. The summed E-state index contributed by atoms with van der Waals surface area (Å²) in [6.45, 7) is 0. The van der Waals surface area contributed by atoms with Gasteiger partial charge in [0.1, 0.15) is 0 Å². The van der Waals surface area contributed by atoms with Crippen molar-refractivity contribution in [2.45, 2.75) is 64.2 Å². The first-order chi connectivity index (χ1) is 7.00. The normalized spacial score (nSPS) is 19.4. The predicted octanol–water partition coefficient (Wildman–Crippen LogP) is 3.91. The molecule has 0 aromatic heterocycles. The molecule has 0 fully saturated rings. The van der Waals surface area contributed by atoms with Crippen molar-refractivity contribution in [1.29, 1.82) is 0 Å². The molecule has 0 unspecified atom stereocenters. The van der Waals surface area contributed by atoms with Gasteiger partial charge in [0.2, 0.25) is 0 Å². The van der Waals surface area contributed by atoms with Crippen LogP contribution in [0.25, 0.3) is 0 Å². The number of hydrogen-bond donors (Lipinski definition) is 0. The maximum absolute atomic E-state index is 3.25. The maximum Gasteiger partial charge on any atom is 0.00886 e. The minimum atomic E-state index is 1.09. The Bertz CT molecular complexity index is 193. The van der Waals surface area contributed by atoms with Crippen molar-refractivity contribution in [3.05, 3.63) is 0 Å². The molecule has 0 nitrogen and oxygen atoms in total. The van der Waals surface area contributed by atoms with Crippen LogP contribution in [0.1, 0.15) is 64.2 Å². The second-order valence-corrected chi connectivity index (χ2v) is 3.83. The van der Waals surface area contributed by atoms with Crippen molar-refractivity contribution in [2.24, 2.45) is 0 Å². The molecule has 0 heteroatoms. The zero-order valence-electron chi connectivity index (χ0n) is 9.07. The highest BCUT2D eigenvalue weighted by Crippen LogP contribution is 2.04. The van der Waals surface area contributed by atoms with E-state index in [4.69, 9.17) is 0 Å². The van der Waals surface area contributed by atoms with Crippen molar-refractivity contribution in [3.63, 3.8) is 0 Å². The monoisotopic (exact) mass is 188 g/mol. The highest BCUT2D eigenvalue weighted by atomic mass is 13.9. The summed E-state index contributed by atoms with van der Waals surface area (Å²) in [4.78, 5) is 0. The zero-order valence-corrected chi connectivity index (χ0v) is 9.07. The Morgan fingerprint density at radius 1 is 0.357 bits per heavy atom. The summed E-state index contributed by atoms with van der Waals surface area (Å²) >= 11 is 0. The van der Waals surface area contributed by atoms with Crippen molar-refractivity contribution < 1.29 is 0 Å². The van der Waals surface area contributed by atoms with Crippen LogP contribution in [0.15, 0.2) is 0 Å². The average Bonchev–Trinajstić information content (AvgIpc) is 2.22. The molecule has 0 amide bonds. The van der Waals surface area contributed by atoms with Gasteiger partial charge in [-0.25, -0.2) is 0 Å². The summed E-state index contributed by atoms with van der Waals surface area (Å²) in [7, 11) is 0. The first-order valence-corrected chi connectivity index (χ1v) is 5.91. The molecule has 0 N–H and O–H groups in total. The SMILES string of the molecule is C1#CCCCCCC#CCCCCC1. The van der Waals surface area contributed by atoms with Gasteiger partial charge in [0.25, 0.3) is 0 Å². The van der Waals surface area contributed by atoms with Gasteiger partial charge in [-0.15, -0.1) is 23.7 Å². The molecule has 0 aromatic rings. The highest BCUT2D eigenvalue weighted by Gasteiger charge is 1.88. The van der Waals surface area contributed by atoms with Crippen molar-refractivity contribution in [3.8, 4) is 23.7 Å². The molecule has 0 saturated heterocycles. The van der Waals surface area contributed by atoms with E-state index in [2.05, 4.69) is 23.7 Å². The van der Waals surface area contributed by atoms with Crippen molar-refractivity contribution in [1.82, 2.24) is 0 Å². The summed E-state index contributed by atoms with van der Waals surface area (Å²) in [6, 6.07) is 0. The minimum Gasteiger partial charge on any atom is -0.103 e. The summed E-state index contributed by atoms with van der Waals surface area (Å²) < 4.78 is 0. The van der Waals surface area contributed by atoms with Gasteiger partial charge >= 0.3 is 0 Å². The first-order valence-electron chi connectivity index (χ1n) is 5.91. The number of rotatable bonds is 0. The average molecular weight is 188 g/mol. The zero-order chi connectivity index (χ0) is 9.90. The molecule has 14 heavy (non-hydrogen) atoms. The van der Waals surface area contributed by atoms with Crippen molar-refractivity contribution >= 4 is 0 Å². The van der Waals surface area contributed by atoms with Crippen LogP contribution in [0.3, 0.4) is 0 Å². The van der Waals surface area contributed by atoms with E-state index in [1.807, 2.05) is 0 Å². The Kier molecular flexibility index (Phi) is 6.96. The van der Waals surface area contributed by atoms with Crippen LogP contribution in [0.4, 0.5) is 0 Å². The third-order valence-corrected chi connectivity index (χ3v) is 2.46. The summed E-state index contributed by atoms with van der Waals surface area (Å²) in [6.07, 6.45) is 12.0. The molecule has 1 aliphatic rings. The van der Waals surface area contributed by atoms with E-state index in [0.717, 1.165) is 25.7 Å². The van der Waals surface area contributed by atoms with Crippen LogP contribution in [-0.4, -0.2) is 0 Å². The van der Waals surface area contributed by atoms with Crippen molar-refractivity contribution in [2.75, 3.05) is 0 Å². The van der Waals surface area contributed by atoms with Gasteiger partial charge in [0, 0.05) is 25.7 Å². The van der Waals surface area contributed by atoms with Crippen LogP contribution in [0, 0.1) is 23.7 Å². The minimum absolute atomic E-state index is 1.09. The van der Waals surface area contributed by atoms with Crippen LogP contribution in [0.2, 0.25) is 0 Å². The van der Waals surface area contributed by atoms with Gasteiger partial charge < -0.3 is 0 Å². The molecule has 0 heterocycles. The standard InChI is InChI=1S/C14H20/c1-2-4-6-8-10-12-14-13-11-9-7-5-3-1/h1-5,10-14H2. The van der Waals surface area contributed by atoms with E-state index in [1.165, 1.54) is 38.5 Å². The third kappa shape index (κ3) is 6.62. The molecular formula is C14H20. The smallest absolute Gasteiger partial charge is 0.00886 e. The van der Waals surface area contributed by atoms with E-state index in [0.29, 0.717) is 0 Å². The lowest BCUT2D eigenvalue weighted by molar-refractivity contribution is 0.696. The van der Waals surface area contributed by atoms with Crippen LogP contribution >= 0.6 is 0 Å². The van der Waals surface area contributed by atoms with Gasteiger partial charge in [-0.3, -0.25) is 0 Å². The van der Waals surface area contributed by atoms with Gasteiger partial charge in [0.05, 0.1) is 0 Å². The Morgan fingerprint density at radius 3 is 0.929 bits per heavy atom. The van der Waals surface area contributed by atoms with Gasteiger partial charge in [0.15, 0.2) is 0 Å². The van der Waals surface area contributed by atoms with E-state index in [9.17, 15) is 0 Å². The lowest BCUT2D eigenvalue weighted by atomic mass is 10.1. The quantitative estimate of drug-likeness (QED) is 0.506. The molecule has 1 rings (SSSR count). The maximum atomic E-state index is 3.25. The largest absolute Gasteiger partial charge is 0.103 e. The van der Waals surface area contributed by atoms with Crippen LogP contribution < -0.4 is 0 Å². The van der Waals surface area contributed by atoms with E-state index < -0.39 is 0 Å². The molecule has 0 saturated carbocycles. The fourth-order valence-electron chi connectivity index (χ4n) is 1.56. The van der Waals surface area contributed by atoms with Gasteiger partial charge in [-0.05, 0) is 25.7 Å². The first kappa shape index (κ1) is 11.2. The van der Waals surface area contributed by atoms with E-state index in [1.54, 1.807) is 0 Å². The van der Waals surface area contributed by atoms with E-state index >= 15 is 0 Å². The summed E-state index contributed by atoms with van der Waals surface area (Å²) in [5.41, 5.74) is 0. The second kappa shape index (κ2) is 8.71. The fraction of sp³-hybridized carbons (Fsp3) is 0.714. The molecule has 0 atom stereocenters. The summed E-state index contributed by atoms with van der Waals surface area (Å²) in [5, 5.41) is 0. The van der Waals surface area contributed by atoms with Gasteiger partial charge in [-0.2, -0.15) is 0 Å².